The van der Waals surface area contributed by atoms with E-state index in [1.165, 1.54) is 12.1 Å². The molecule has 1 fully saturated rings. The molecule has 6 heteroatoms. The Hall–Kier alpha value is -2.27. The lowest BCUT2D eigenvalue weighted by atomic mass is 10.2. The highest BCUT2D eigenvalue weighted by Gasteiger charge is 2.20. The van der Waals surface area contributed by atoms with Crippen LogP contribution in [0.2, 0.25) is 5.02 Å². The number of anilines is 2. The summed E-state index contributed by atoms with van der Waals surface area (Å²) in [6.45, 7) is 3.48. The highest BCUT2D eigenvalue weighted by molar-refractivity contribution is 6.30. The maximum absolute atomic E-state index is 13.0. The minimum Gasteiger partial charge on any atom is -0.384 e. The zero-order valence-electron chi connectivity index (χ0n) is 13.9. The summed E-state index contributed by atoms with van der Waals surface area (Å²) < 4.78 is 13.0. The van der Waals surface area contributed by atoms with Crippen molar-refractivity contribution >= 4 is 28.9 Å². The molecule has 4 nitrogen and oxygen atoms in total. The van der Waals surface area contributed by atoms with Crippen LogP contribution in [-0.4, -0.2) is 43.5 Å². The van der Waals surface area contributed by atoms with Crippen LogP contribution in [0.25, 0.3) is 0 Å². The van der Waals surface area contributed by atoms with Gasteiger partial charge in [-0.3, -0.25) is 4.79 Å². The van der Waals surface area contributed by atoms with Gasteiger partial charge in [-0.05, 0) is 42.5 Å². The molecular formula is C19H21ClFN3O. The molecule has 1 amide bonds. The first-order valence-electron chi connectivity index (χ1n) is 8.39. The second kappa shape index (κ2) is 8.21. The summed E-state index contributed by atoms with van der Waals surface area (Å²) >= 11 is 5.94. The molecule has 25 heavy (non-hydrogen) atoms. The van der Waals surface area contributed by atoms with Crippen LogP contribution < -0.4 is 10.2 Å². The first-order chi connectivity index (χ1) is 12.1. The Morgan fingerprint density at radius 1 is 1.08 bits per heavy atom. The molecule has 0 saturated carbocycles. The van der Waals surface area contributed by atoms with Crippen LogP contribution in [0.3, 0.4) is 0 Å². The molecule has 1 aliphatic heterocycles. The third-order valence-electron chi connectivity index (χ3n) is 4.32. The Labute approximate surface area is 152 Å². The summed E-state index contributed by atoms with van der Waals surface area (Å²) in [5.41, 5.74) is 1.91. The highest BCUT2D eigenvalue weighted by atomic mass is 35.5. The third-order valence-corrected chi connectivity index (χ3v) is 4.55. The van der Waals surface area contributed by atoms with Crippen LogP contribution in [0.15, 0.2) is 48.5 Å². The minimum absolute atomic E-state index is 0.147. The molecule has 0 atom stereocenters. The number of carbonyl (C=O) groups is 1. The van der Waals surface area contributed by atoms with Gasteiger partial charge in [0.25, 0.3) is 0 Å². The van der Waals surface area contributed by atoms with E-state index in [4.69, 9.17) is 11.6 Å². The second-order valence-electron chi connectivity index (χ2n) is 6.03. The van der Waals surface area contributed by atoms with E-state index in [0.717, 1.165) is 24.5 Å². The molecule has 2 aromatic carbocycles. The lowest BCUT2D eigenvalue weighted by Crippen LogP contribution is -2.49. The predicted molar refractivity (Wildman–Crippen MR) is 99.8 cm³/mol. The topological polar surface area (TPSA) is 35.6 Å². The average molecular weight is 362 g/mol. The summed E-state index contributed by atoms with van der Waals surface area (Å²) in [6, 6.07) is 14.0. The minimum atomic E-state index is -0.232. The number of nitrogens with zero attached hydrogens (tertiary/aromatic N) is 2. The van der Waals surface area contributed by atoms with Gasteiger partial charge >= 0.3 is 0 Å². The van der Waals surface area contributed by atoms with Gasteiger partial charge in [0.1, 0.15) is 5.82 Å². The van der Waals surface area contributed by atoms with Gasteiger partial charge in [-0.1, -0.05) is 17.7 Å². The Balaban J connectivity index is 1.43. The van der Waals surface area contributed by atoms with Crippen LogP contribution in [0.1, 0.15) is 6.42 Å². The van der Waals surface area contributed by atoms with Crippen molar-refractivity contribution in [3.8, 4) is 0 Å². The Morgan fingerprint density at radius 3 is 2.48 bits per heavy atom. The van der Waals surface area contributed by atoms with E-state index < -0.39 is 0 Å². The lowest BCUT2D eigenvalue weighted by Gasteiger charge is -2.36. The van der Waals surface area contributed by atoms with Crippen molar-refractivity contribution < 1.29 is 9.18 Å². The number of hydrogen-bond acceptors (Lipinski definition) is 3. The summed E-state index contributed by atoms with van der Waals surface area (Å²) in [5, 5.41) is 3.89. The van der Waals surface area contributed by atoms with Crippen LogP contribution in [-0.2, 0) is 4.79 Å². The van der Waals surface area contributed by atoms with E-state index in [1.54, 1.807) is 12.1 Å². The van der Waals surface area contributed by atoms with Crippen molar-refractivity contribution in [1.82, 2.24) is 4.90 Å². The molecule has 3 rings (SSSR count). The number of hydrogen-bond donors (Lipinski definition) is 1. The lowest BCUT2D eigenvalue weighted by molar-refractivity contribution is -0.131. The van der Waals surface area contributed by atoms with Gasteiger partial charge in [-0.2, -0.15) is 0 Å². The molecule has 0 unspecified atom stereocenters. The van der Waals surface area contributed by atoms with E-state index in [0.29, 0.717) is 31.1 Å². The average Bonchev–Trinajstić information content (AvgIpc) is 2.62. The maximum Gasteiger partial charge on any atom is 0.224 e. The zero-order chi connectivity index (χ0) is 17.6. The van der Waals surface area contributed by atoms with Gasteiger partial charge in [0.15, 0.2) is 0 Å². The molecule has 1 N–H and O–H groups in total. The van der Waals surface area contributed by atoms with Crippen molar-refractivity contribution in [2.45, 2.75) is 6.42 Å². The van der Waals surface area contributed by atoms with Crippen molar-refractivity contribution in [1.29, 1.82) is 0 Å². The van der Waals surface area contributed by atoms with Crippen molar-refractivity contribution in [2.24, 2.45) is 0 Å². The Morgan fingerprint density at radius 2 is 1.80 bits per heavy atom. The molecular weight excluding hydrogens is 341 g/mol. The second-order valence-corrected chi connectivity index (χ2v) is 6.47. The van der Waals surface area contributed by atoms with Gasteiger partial charge < -0.3 is 15.1 Å². The molecule has 2 aromatic rings. The normalized spacial score (nSPS) is 14.5. The number of amides is 1. The Kier molecular flexibility index (Phi) is 5.76. The van der Waals surface area contributed by atoms with Gasteiger partial charge in [0, 0.05) is 55.5 Å². The van der Waals surface area contributed by atoms with E-state index in [1.807, 2.05) is 29.2 Å². The maximum atomic E-state index is 13.0. The van der Waals surface area contributed by atoms with Crippen LogP contribution in [0.4, 0.5) is 15.8 Å². The molecule has 1 saturated heterocycles. The molecule has 0 aromatic heterocycles. The Bertz CT molecular complexity index is 715. The van der Waals surface area contributed by atoms with E-state index in [9.17, 15) is 9.18 Å². The zero-order valence-corrected chi connectivity index (χ0v) is 14.7. The van der Waals surface area contributed by atoms with E-state index in [-0.39, 0.29) is 11.7 Å². The van der Waals surface area contributed by atoms with Gasteiger partial charge in [0.2, 0.25) is 5.91 Å². The first-order valence-corrected chi connectivity index (χ1v) is 8.77. The fourth-order valence-corrected chi connectivity index (χ4v) is 3.13. The van der Waals surface area contributed by atoms with E-state index >= 15 is 0 Å². The molecule has 1 heterocycles. The quantitative estimate of drug-likeness (QED) is 0.883. The summed E-state index contributed by atoms with van der Waals surface area (Å²) in [4.78, 5) is 16.4. The van der Waals surface area contributed by atoms with Crippen LogP contribution >= 0.6 is 11.6 Å². The fourth-order valence-electron chi connectivity index (χ4n) is 2.94. The predicted octanol–water partition coefficient (Wildman–Crippen LogP) is 3.63. The highest BCUT2D eigenvalue weighted by Crippen LogP contribution is 2.18. The van der Waals surface area contributed by atoms with Crippen molar-refractivity contribution in [3.05, 3.63) is 59.4 Å². The fraction of sp³-hybridized carbons (Fsp3) is 0.316. The first kappa shape index (κ1) is 17.5. The number of piperazine rings is 1. The van der Waals surface area contributed by atoms with Crippen LogP contribution in [0, 0.1) is 5.82 Å². The third kappa shape index (κ3) is 4.86. The van der Waals surface area contributed by atoms with E-state index in [2.05, 4.69) is 10.2 Å². The summed E-state index contributed by atoms with van der Waals surface area (Å²) in [6.07, 6.45) is 0.447. The largest absolute Gasteiger partial charge is 0.384 e. The number of carbonyl (C=O) groups excluding carboxylic acids is 1. The molecule has 0 spiro atoms. The molecule has 0 aliphatic carbocycles. The standard InChI is InChI=1S/C19H21ClFN3O/c20-15-2-1-3-17(14-15)22-9-8-19(25)24-12-10-23(11-13-24)18-6-4-16(21)5-7-18/h1-7,14,22H,8-13H2. The molecule has 0 bridgehead atoms. The molecule has 1 aliphatic rings. The number of nitrogens with one attached hydrogen (secondary N) is 1. The van der Waals surface area contributed by atoms with Gasteiger partial charge in [0.05, 0.1) is 0 Å². The molecule has 0 radical (unpaired) electrons. The van der Waals surface area contributed by atoms with Crippen molar-refractivity contribution in [2.75, 3.05) is 42.9 Å². The summed E-state index contributed by atoms with van der Waals surface area (Å²) in [5.74, 6) is -0.0851. The number of benzene rings is 2. The smallest absolute Gasteiger partial charge is 0.224 e. The van der Waals surface area contributed by atoms with Crippen molar-refractivity contribution in [3.63, 3.8) is 0 Å². The monoisotopic (exact) mass is 361 g/mol. The van der Waals surface area contributed by atoms with Gasteiger partial charge in [-0.25, -0.2) is 4.39 Å². The van der Waals surface area contributed by atoms with Gasteiger partial charge in [-0.15, -0.1) is 0 Å². The SMILES string of the molecule is O=C(CCNc1cccc(Cl)c1)N1CCN(c2ccc(F)cc2)CC1. The van der Waals surface area contributed by atoms with Crippen LogP contribution in [0.5, 0.6) is 0 Å². The summed E-state index contributed by atoms with van der Waals surface area (Å²) in [7, 11) is 0. The number of halogens is 2. The number of rotatable bonds is 5. The molecule has 132 valence electrons.